The van der Waals surface area contributed by atoms with Gasteiger partial charge in [0, 0.05) is 23.9 Å². The number of hydrogen-bond acceptors (Lipinski definition) is 2. The lowest BCUT2D eigenvalue weighted by Gasteiger charge is -2.29. The first kappa shape index (κ1) is 9.66. The number of pyridine rings is 1. The summed E-state index contributed by atoms with van der Waals surface area (Å²) in [6.45, 7) is 4.47. The number of piperidine rings is 1. The van der Waals surface area contributed by atoms with E-state index in [0.717, 1.165) is 12.2 Å². The van der Waals surface area contributed by atoms with Crippen molar-refractivity contribution in [3.63, 3.8) is 0 Å². The van der Waals surface area contributed by atoms with Gasteiger partial charge < -0.3 is 4.90 Å². The predicted molar refractivity (Wildman–Crippen MR) is 58.4 cm³/mol. The van der Waals surface area contributed by atoms with E-state index in [0.29, 0.717) is 5.92 Å². The minimum atomic E-state index is 0.647. The van der Waals surface area contributed by atoms with Crippen LogP contribution >= 0.6 is 0 Å². The molecule has 0 radical (unpaired) electrons. The van der Waals surface area contributed by atoms with Crippen molar-refractivity contribution in [2.45, 2.75) is 25.7 Å². The third-order valence-electron chi connectivity index (χ3n) is 2.95. The van der Waals surface area contributed by atoms with Gasteiger partial charge in [-0.3, -0.25) is 4.98 Å². The molecule has 1 aliphatic rings. The maximum Gasteiger partial charge on any atom is 0.0450 e. The maximum absolute atomic E-state index is 4.60. The smallest absolute Gasteiger partial charge is 0.0450 e. The van der Waals surface area contributed by atoms with Gasteiger partial charge in [-0.25, -0.2) is 0 Å². The van der Waals surface area contributed by atoms with Crippen LogP contribution in [0.15, 0.2) is 18.2 Å². The summed E-state index contributed by atoms with van der Waals surface area (Å²) in [4.78, 5) is 7.01. The molecule has 2 heterocycles. The van der Waals surface area contributed by atoms with Crippen LogP contribution in [-0.4, -0.2) is 30.0 Å². The minimum absolute atomic E-state index is 0.647. The largest absolute Gasteiger partial charge is 0.306 e. The molecule has 2 rings (SSSR count). The van der Waals surface area contributed by atoms with E-state index >= 15 is 0 Å². The van der Waals surface area contributed by atoms with Crippen LogP contribution in [0.25, 0.3) is 0 Å². The zero-order valence-electron chi connectivity index (χ0n) is 9.03. The summed E-state index contributed by atoms with van der Waals surface area (Å²) in [5, 5.41) is 0. The van der Waals surface area contributed by atoms with Gasteiger partial charge >= 0.3 is 0 Å². The van der Waals surface area contributed by atoms with E-state index in [2.05, 4.69) is 42.1 Å². The molecule has 1 aliphatic heterocycles. The van der Waals surface area contributed by atoms with E-state index in [1.54, 1.807) is 0 Å². The second-order valence-electron chi connectivity index (χ2n) is 4.31. The van der Waals surface area contributed by atoms with Crippen LogP contribution in [0.3, 0.4) is 0 Å². The number of likely N-dealkylation sites (tertiary alicyclic amines) is 1. The first-order valence-electron chi connectivity index (χ1n) is 5.38. The Bertz CT molecular complexity index is 309. The molecule has 0 bridgehead atoms. The molecule has 0 aromatic carbocycles. The van der Waals surface area contributed by atoms with Crippen molar-refractivity contribution >= 4 is 0 Å². The van der Waals surface area contributed by atoms with Crippen molar-refractivity contribution in [3.05, 3.63) is 29.6 Å². The summed E-state index contributed by atoms with van der Waals surface area (Å²) < 4.78 is 0. The Morgan fingerprint density at radius 2 is 2.29 bits per heavy atom. The molecule has 1 fully saturated rings. The second-order valence-corrected chi connectivity index (χ2v) is 4.31. The first-order valence-corrected chi connectivity index (χ1v) is 5.38. The van der Waals surface area contributed by atoms with Crippen LogP contribution in [-0.2, 0) is 0 Å². The van der Waals surface area contributed by atoms with Crippen LogP contribution in [0.4, 0.5) is 0 Å². The average Bonchev–Trinajstić information content (AvgIpc) is 2.18. The van der Waals surface area contributed by atoms with Gasteiger partial charge in [-0.2, -0.15) is 0 Å². The van der Waals surface area contributed by atoms with Crippen LogP contribution in [0, 0.1) is 6.92 Å². The van der Waals surface area contributed by atoms with Gasteiger partial charge in [0.15, 0.2) is 0 Å². The Morgan fingerprint density at radius 3 is 3.00 bits per heavy atom. The van der Waals surface area contributed by atoms with E-state index in [4.69, 9.17) is 0 Å². The van der Waals surface area contributed by atoms with Gasteiger partial charge in [-0.1, -0.05) is 6.07 Å². The number of likely N-dealkylation sites (N-methyl/N-ethyl adjacent to an activating group) is 1. The van der Waals surface area contributed by atoms with Crippen molar-refractivity contribution in [2.75, 3.05) is 20.1 Å². The fraction of sp³-hybridized carbons (Fsp3) is 0.583. The van der Waals surface area contributed by atoms with E-state index in [1.807, 2.05) is 0 Å². The highest BCUT2D eigenvalue weighted by molar-refractivity contribution is 5.15. The molecule has 14 heavy (non-hydrogen) atoms. The quantitative estimate of drug-likeness (QED) is 0.675. The van der Waals surface area contributed by atoms with Crippen molar-refractivity contribution in [2.24, 2.45) is 0 Å². The summed E-state index contributed by atoms with van der Waals surface area (Å²) in [6, 6.07) is 6.35. The normalized spacial score (nSPS) is 23.7. The Morgan fingerprint density at radius 1 is 1.43 bits per heavy atom. The number of aromatic nitrogens is 1. The molecule has 0 amide bonds. The van der Waals surface area contributed by atoms with E-state index < -0.39 is 0 Å². The van der Waals surface area contributed by atoms with Gasteiger partial charge in [-0.05, 0) is 45.5 Å². The first-order chi connectivity index (χ1) is 6.75. The Hall–Kier alpha value is -0.890. The van der Waals surface area contributed by atoms with Gasteiger partial charge in [0.1, 0.15) is 0 Å². The minimum Gasteiger partial charge on any atom is -0.306 e. The van der Waals surface area contributed by atoms with Crippen molar-refractivity contribution in [3.8, 4) is 0 Å². The second kappa shape index (κ2) is 4.09. The molecule has 1 aromatic heterocycles. The summed E-state index contributed by atoms with van der Waals surface area (Å²) in [7, 11) is 2.20. The van der Waals surface area contributed by atoms with Crippen molar-refractivity contribution in [1.29, 1.82) is 0 Å². The topological polar surface area (TPSA) is 16.1 Å². The van der Waals surface area contributed by atoms with Gasteiger partial charge in [0.25, 0.3) is 0 Å². The molecule has 0 spiro atoms. The summed E-state index contributed by atoms with van der Waals surface area (Å²) in [5.74, 6) is 0.647. The molecule has 1 aromatic rings. The van der Waals surface area contributed by atoms with Crippen LogP contribution in [0.2, 0.25) is 0 Å². The number of rotatable bonds is 1. The van der Waals surface area contributed by atoms with Crippen LogP contribution in [0.5, 0.6) is 0 Å². The molecule has 0 aliphatic carbocycles. The molecule has 76 valence electrons. The number of hydrogen-bond donors (Lipinski definition) is 0. The molecular weight excluding hydrogens is 172 g/mol. The molecule has 1 saturated heterocycles. The van der Waals surface area contributed by atoms with Gasteiger partial charge in [-0.15, -0.1) is 0 Å². The highest BCUT2D eigenvalue weighted by atomic mass is 15.1. The third kappa shape index (κ3) is 2.13. The molecule has 1 unspecified atom stereocenters. The molecule has 2 nitrogen and oxygen atoms in total. The van der Waals surface area contributed by atoms with E-state index in [1.165, 1.54) is 25.1 Å². The van der Waals surface area contributed by atoms with E-state index in [9.17, 15) is 0 Å². The van der Waals surface area contributed by atoms with Crippen LogP contribution < -0.4 is 0 Å². The Labute approximate surface area is 86.0 Å². The molecular formula is C12H18N2. The molecule has 0 N–H and O–H groups in total. The molecule has 2 heteroatoms. The summed E-state index contributed by atoms with van der Waals surface area (Å²) in [6.07, 6.45) is 2.59. The summed E-state index contributed by atoms with van der Waals surface area (Å²) in [5.41, 5.74) is 2.41. The zero-order chi connectivity index (χ0) is 9.97. The van der Waals surface area contributed by atoms with Crippen molar-refractivity contribution < 1.29 is 0 Å². The lowest BCUT2D eigenvalue weighted by Crippen LogP contribution is -2.31. The average molecular weight is 190 g/mol. The van der Waals surface area contributed by atoms with E-state index in [-0.39, 0.29) is 0 Å². The predicted octanol–water partition coefficient (Wildman–Crippen LogP) is 2.20. The molecule has 1 atom stereocenters. The third-order valence-corrected chi connectivity index (χ3v) is 2.95. The van der Waals surface area contributed by atoms with Gasteiger partial charge in [0.05, 0.1) is 0 Å². The fourth-order valence-corrected chi connectivity index (χ4v) is 2.20. The van der Waals surface area contributed by atoms with Gasteiger partial charge in [0.2, 0.25) is 0 Å². The lowest BCUT2D eigenvalue weighted by atomic mass is 9.94. The SMILES string of the molecule is Cc1cccc(C2CCCN(C)C2)n1. The highest BCUT2D eigenvalue weighted by Crippen LogP contribution is 2.24. The van der Waals surface area contributed by atoms with Crippen molar-refractivity contribution in [1.82, 2.24) is 9.88 Å². The van der Waals surface area contributed by atoms with Crippen LogP contribution in [0.1, 0.15) is 30.1 Å². The standard InChI is InChI=1S/C12H18N2/c1-10-5-3-7-12(13-10)11-6-4-8-14(2)9-11/h3,5,7,11H,4,6,8-9H2,1-2H3. The maximum atomic E-state index is 4.60. The number of aryl methyl sites for hydroxylation is 1. The summed E-state index contributed by atoms with van der Waals surface area (Å²) >= 11 is 0. The number of nitrogens with zero attached hydrogens (tertiary/aromatic N) is 2. The molecule has 0 saturated carbocycles. The fourth-order valence-electron chi connectivity index (χ4n) is 2.20. The monoisotopic (exact) mass is 190 g/mol. The lowest BCUT2D eigenvalue weighted by molar-refractivity contribution is 0.248. The Balaban J connectivity index is 2.14. The zero-order valence-corrected chi connectivity index (χ0v) is 9.03. The Kier molecular flexibility index (Phi) is 2.82. The highest BCUT2D eigenvalue weighted by Gasteiger charge is 2.19.